The van der Waals surface area contributed by atoms with Crippen molar-refractivity contribution >= 4 is 17.7 Å². The number of aliphatic imine (C=N–C) groups is 2. The molecular weight excluding hydrogens is 324 g/mol. The van der Waals surface area contributed by atoms with Gasteiger partial charge in [-0.05, 0) is 37.9 Å². The molecule has 2 aliphatic heterocycles. The maximum atomic E-state index is 8.61. The monoisotopic (exact) mass is 348 g/mol. The van der Waals surface area contributed by atoms with Crippen molar-refractivity contribution in [1.82, 2.24) is 9.88 Å². The number of hydrogen-bond acceptors (Lipinski definition) is 6. The fraction of sp³-hybridized carbons (Fsp3) is 0.500. The number of pyridine rings is 1. The van der Waals surface area contributed by atoms with Gasteiger partial charge in [0.05, 0.1) is 18.0 Å². The van der Waals surface area contributed by atoms with Gasteiger partial charge in [-0.2, -0.15) is 5.26 Å². The normalized spacial score (nSPS) is 28.8. The minimum atomic E-state index is 0.0193. The molecule has 134 valence electrons. The molecular formula is C20H24N6. The zero-order valence-electron chi connectivity index (χ0n) is 15.1. The molecule has 1 aromatic rings. The van der Waals surface area contributed by atoms with Crippen molar-refractivity contribution in [1.29, 1.82) is 5.26 Å². The molecule has 0 spiro atoms. The molecule has 1 saturated carbocycles. The van der Waals surface area contributed by atoms with Crippen LogP contribution in [0.25, 0.3) is 0 Å². The number of nitriles is 1. The molecule has 0 amide bonds. The molecule has 2 fully saturated rings. The molecule has 1 aromatic heterocycles. The average molecular weight is 348 g/mol. The van der Waals surface area contributed by atoms with Gasteiger partial charge in [-0.1, -0.05) is 12.1 Å². The van der Waals surface area contributed by atoms with Crippen molar-refractivity contribution in [3.8, 4) is 6.07 Å². The van der Waals surface area contributed by atoms with Crippen LogP contribution in [-0.4, -0.2) is 61.2 Å². The number of aromatic nitrogens is 1. The summed E-state index contributed by atoms with van der Waals surface area (Å²) in [5.41, 5.74) is 1.80. The quantitative estimate of drug-likeness (QED) is 0.782. The van der Waals surface area contributed by atoms with Crippen LogP contribution in [0.3, 0.4) is 0 Å². The van der Waals surface area contributed by atoms with Crippen molar-refractivity contribution in [2.24, 2.45) is 21.8 Å². The SMILES string of the molecule is CN1CCN(c2cccc(C3=NC(C4CC(/C=C/C#N)C4)N=C3)n2)CC1. The summed E-state index contributed by atoms with van der Waals surface area (Å²) >= 11 is 0. The van der Waals surface area contributed by atoms with Gasteiger partial charge >= 0.3 is 0 Å². The predicted molar refractivity (Wildman–Crippen MR) is 104 cm³/mol. The number of likely N-dealkylation sites (N-methyl/N-ethyl adjacent to an activating group) is 1. The van der Waals surface area contributed by atoms with Crippen molar-refractivity contribution < 1.29 is 0 Å². The summed E-state index contributed by atoms with van der Waals surface area (Å²) in [6, 6.07) is 8.22. The minimum absolute atomic E-state index is 0.0193. The maximum absolute atomic E-state index is 8.61. The molecule has 0 radical (unpaired) electrons. The smallest absolute Gasteiger partial charge is 0.143 e. The van der Waals surface area contributed by atoms with Gasteiger partial charge in [0.15, 0.2) is 0 Å². The molecule has 3 aliphatic rings. The summed E-state index contributed by atoms with van der Waals surface area (Å²) in [7, 11) is 2.16. The zero-order valence-corrected chi connectivity index (χ0v) is 15.1. The Morgan fingerprint density at radius 1 is 1.19 bits per heavy atom. The van der Waals surface area contributed by atoms with E-state index in [-0.39, 0.29) is 6.17 Å². The molecule has 1 aliphatic carbocycles. The Balaban J connectivity index is 1.41. The highest BCUT2D eigenvalue weighted by Crippen LogP contribution is 2.39. The lowest BCUT2D eigenvalue weighted by molar-refractivity contribution is 0.206. The summed E-state index contributed by atoms with van der Waals surface area (Å²) < 4.78 is 0. The molecule has 1 atom stereocenters. The van der Waals surface area contributed by atoms with E-state index in [9.17, 15) is 0 Å². The van der Waals surface area contributed by atoms with Crippen LogP contribution in [0.1, 0.15) is 18.5 Å². The highest BCUT2D eigenvalue weighted by molar-refractivity contribution is 6.38. The Bertz CT molecular complexity index is 776. The van der Waals surface area contributed by atoms with Crippen LogP contribution in [0.5, 0.6) is 0 Å². The third-order valence-corrected chi connectivity index (χ3v) is 5.52. The van der Waals surface area contributed by atoms with E-state index in [0.29, 0.717) is 11.8 Å². The summed E-state index contributed by atoms with van der Waals surface area (Å²) in [6.45, 7) is 4.16. The van der Waals surface area contributed by atoms with Gasteiger partial charge in [-0.3, -0.25) is 9.98 Å². The lowest BCUT2D eigenvalue weighted by atomic mass is 9.73. The van der Waals surface area contributed by atoms with Crippen LogP contribution in [0.2, 0.25) is 0 Å². The van der Waals surface area contributed by atoms with Crippen LogP contribution in [0.4, 0.5) is 5.82 Å². The maximum Gasteiger partial charge on any atom is 0.143 e. The van der Waals surface area contributed by atoms with Gasteiger partial charge in [0.1, 0.15) is 17.7 Å². The minimum Gasteiger partial charge on any atom is -0.354 e. The Hall–Kier alpha value is -2.52. The molecule has 26 heavy (non-hydrogen) atoms. The van der Waals surface area contributed by atoms with Gasteiger partial charge in [0.25, 0.3) is 0 Å². The summed E-state index contributed by atoms with van der Waals surface area (Å²) in [6.07, 6.45) is 7.60. The Labute approximate surface area is 154 Å². The van der Waals surface area contributed by atoms with Gasteiger partial charge < -0.3 is 9.80 Å². The van der Waals surface area contributed by atoms with E-state index < -0.39 is 0 Å². The standard InChI is InChI=1S/C20H24N6/c1-25-8-10-26(11-9-25)19-6-2-5-17(23-19)18-14-22-20(24-18)16-12-15(13-16)4-3-7-21/h2-6,14-16,20H,8-13H2,1H3/b4-3+. The van der Waals surface area contributed by atoms with E-state index in [0.717, 1.165) is 56.2 Å². The summed E-state index contributed by atoms with van der Waals surface area (Å²) in [5.74, 6) is 2.02. The van der Waals surface area contributed by atoms with Crippen molar-refractivity contribution in [3.05, 3.63) is 36.0 Å². The van der Waals surface area contributed by atoms with E-state index >= 15 is 0 Å². The third-order valence-electron chi connectivity index (χ3n) is 5.52. The Morgan fingerprint density at radius 3 is 2.77 bits per heavy atom. The second-order valence-electron chi connectivity index (χ2n) is 7.36. The zero-order chi connectivity index (χ0) is 17.9. The molecule has 0 N–H and O–H groups in total. The lowest BCUT2D eigenvalue weighted by Crippen LogP contribution is -2.44. The molecule has 3 heterocycles. The second-order valence-corrected chi connectivity index (χ2v) is 7.36. The second kappa shape index (κ2) is 7.38. The Morgan fingerprint density at radius 2 is 2.00 bits per heavy atom. The number of nitrogens with zero attached hydrogens (tertiary/aromatic N) is 6. The van der Waals surface area contributed by atoms with Crippen LogP contribution in [0.15, 0.2) is 40.3 Å². The number of rotatable bonds is 4. The Kier molecular flexibility index (Phi) is 4.81. The molecule has 0 bridgehead atoms. The first-order valence-electron chi connectivity index (χ1n) is 9.31. The van der Waals surface area contributed by atoms with E-state index in [1.54, 1.807) is 6.08 Å². The molecule has 6 nitrogen and oxygen atoms in total. The molecule has 0 aromatic carbocycles. The third kappa shape index (κ3) is 3.54. The van der Waals surface area contributed by atoms with Crippen LogP contribution < -0.4 is 4.90 Å². The molecule has 1 saturated heterocycles. The van der Waals surface area contributed by atoms with Gasteiger partial charge in [0.2, 0.25) is 0 Å². The molecule has 1 unspecified atom stereocenters. The lowest BCUT2D eigenvalue weighted by Gasteiger charge is -2.34. The van der Waals surface area contributed by atoms with Gasteiger partial charge in [0, 0.05) is 38.2 Å². The van der Waals surface area contributed by atoms with Crippen molar-refractivity contribution in [3.63, 3.8) is 0 Å². The number of anilines is 1. The highest BCUT2D eigenvalue weighted by Gasteiger charge is 2.35. The number of allylic oxidation sites excluding steroid dienone is 2. The van der Waals surface area contributed by atoms with E-state index in [4.69, 9.17) is 15.2 Å². The first kappa shape index (κ1) is 16.9. The van der Waals surface area contributed by atoms with E-state index in [1.807, 2.05) is 18.4 Å². The van der Waals surface area contributed by atoms with Crippen molar-refractivity contribution in [2.75, 3.05) is 38.1 Å². The largest absolute Gasteiger partial charge is 0.354 e. The topological polar surface area (TPSA) is 67.9 Å². The van der Waals surface area contributed by atoms with Gasteiger partial charge in [-0.15, -0.1) is 0 Å². The van der Waals surface area contributed by atoms with Crippen LogP contribution >= 0.6 is 0 Å². The fourth-order valence-corrected chi connectivity index (χ4v) is 3.78. The highest BCUT2D eigenvalue weighted by atomic mass is 15.3. The van der Waals surface area contributed by atoms with Gasteiger partial charge in [-0.25, -0.2) is 4.98 Å². The van der Waals surface area contributed by atoms with Crippen LogP contribution in [-0.2, 0) is 0 Å². The number of piperazine rings is 1. The van der Waals surface area contributed by atoms with Crippen LogP contribution in [0, 0.1) is 23.2 Å². The first-order chi connectivity index (χ1) is 12.7. The molecule has 4 rings (SSSR count). The van der Waals surface area contributed by atoms with E-state index in [2.05, 4.69) is 40.0 Å². The van der Waals surface area contributed by atoms with Crippen molar-refractivity contribution in [2.45, 2.75) is 19.0 Å². The average Bonchev–Trinajstić information content (AvgIpc) is 3.11. The van der Waals surface area contributed by atoms with E-state index in [1.165, 1.54) is 0 Å². The fourth-order valence-electron chi connectivity index (χ4n) is 3.78. The predicted octanol–water partition coefficient (Wildman–Crippen LogP) is 2.14. The summed E-state index contributed by atoms with van der Waals surface area (Å²) in [5, 5.41) is 8.61. The molecule has 6 heteroatoms. The first-order valence-corrected chi connectivity index (χ1v) is 9.31. The summed E-state index contributed by atoms with van der Waals surface area (Å²) in [4.78, 5) is 18.9. The number of hydrogen-bond donors (Lipinski definition) is 0.